The zero-order valence-corrected chi connectivity index (χ0v) is 11.6. The number of rotatable bonds is 2. The van der Waals surface area contributed by atoms with Gasteiger partial charge in [-0.1, -0.05) is 0 Å². The third-order valence-electron chi connectivity index (χ3n) is 3.42. The predicted octanol–water partition coefficient (Wildman–Crippen LogP) is 1.71. The van der Waals surface area contributed by atoms with E-state index < -0.39 is 5.97 Å². The number of aromatic carboxylic acids is 1. The van der Waals surface area contributed by atoms with Crippen LogP contribution in [0.15, 0.2) is 41.6 Å². The maximum absolute atomic E-state index is 11.7. The summed E-state index contributed by atoms with van der Waals surface area (Å²) in [6, 6.07) is 5.40. The minimum Gasteiger partial charge on any atom is -0.477 e. The Bertz CT molecular complexity index is 895. The molecule has 0 saturated carbocycles. The second-order valence-corrected chi connectivity index (χ2v) is 4.92. The molecule has 0 fully saturated rings. The average molecular weight is 283 g/mol. The summed E-state index contributed by atoms with van der Waals surface area (Å²) >= 11 is 0. The first-order chi connectivity index (χ1) is 9.97. The van der Waals surface area contributed by atoms with Gasteiger partial charge in [0.15, 0.2) is 5.69 Å². The highest BCUT2D eigenvalue weighted by atomic mass is 16.4. The molecule has 3 heterocycles. The molecule has 0 aliphatic carbocycles. The van der Waals surface area contributed by atoms with Gasteiger partial charge in [0.05, 0.1) is 6.20 Å². The first-order valence-electron chi connectivity index (χ1n) is 6.35. The second kappa shape index (κ2) is 4.59. The van der Waals surface area contributed by atoms with Crippen LogP contribution < -0.4 is 5.56 Å². The van der Waals surface area contributed by atoms with Gasteiger partial charge in [0.1, 0.15) is 5.65 Å². The fourth-order valence-electron chi connectivity index (χ4n) is 2.35. The van der Waals surface area contributed by atoms with E-state index in [1.54, 1.807) is 38.5 Å². The molecule has 0 unspecified atom stereocenters. The SMILES string of the molecule is Cc1cc(-c2ccc3ncc(C(=O)O)n3c2)cn(C)c1=O. The van der Waals surface area contributed by atoms with E-state index in [4.69, 9.17) is 5.11 Å². The molecular formula is C15H13N3O3. The van der Waals surface area contributed by atoms with Gasteiger partial charge in [0.25, 0.3) is 5.56 Å². The monoisotopic (exact) mass is 283 g/mol. The second-order valence-electron chi connectivity index (χ2n) is 4.92. The molecule has 3 aromatic heterocycles. The fourth-order valence-corrected chi connectivity index (χ4v) is 2.35. The van der Waals surface area contributed by atoms with E-state index in [0.29, 0.717) is 11.2 Å². The highest BCUT2D eigenvalue weighted by Crippen LogP contribution is 2.20. The number of fused-ring (bicyclic) bond motifs is 1. The van der Waals surface area contributed by atoms with Gasteiger partial charge in [-0.3, -0.25) is 9.20 Å². The Morgan fingerprint density at radius 2 is 2.00 bits per heavy atom. The van der Waals surface area contributed by atoms with Crippen LogP contribution in [0.4, 0.5) is 0 Å². The Hall–Kier alpha value is -2.89. The lowest BCUT2D eigenvalue weighted by atomic mass is 10.1. The number of carboxylic acid groups (broad SMARTS) is 1. The van der Waals surface area contributed by atoms with Crippen molar-refractivity contribution >= 4 is 11.6 Å². The van der Waals surface area contributed by atoms with E-state index in [0.717, 1.165) is 11.1 Å². The quantitative estimate of drug-likeness (QED) is 0.776. The van der Waals surface area contributed by atoms with Crippen LogP contribution >= 0.6 is 0 Å². The summed E-state index contributed by atoms with van der Waals surface area (Å²) in [7, 11) is 1.69. The summed E-state index contributed by atoms with van der Waals surface area (Å²) in [4.78, 5) is 27.0. The fraction of sp³-hybridized carbons (Fsp3) is 0.133. The van der Waals surface area contributed by atoms with E-state index in [2.05, 4.69) is 4.98 Å². The van der Waals surface area contributed by atoms with E-state index in [1.165, 1.54) is 15.2 Å². The maximum Gasteiger partial charge on any atom is 0.354 e. The molecule has 0 spiro atoms. The first kappa shape index (κ1) is 13.1. The van der Waals surface area contributed by atoms with E-state index >= 15 is 0 Å². The molecule has 6 nitrogen and oxygen atoms in total. The normalized spacial score (nSPS) is 11.0. The minimum absolute atomic E-state index is 0.0475. The summed E-state index contributed by atoms with van der Waals surface area (Å²) in [6.45, 7) is 1.75. The van der Waals surface area contributed by atoms with Crippen molar-refractivity contribution in [2.75, 3.05) is 0 Å². The summed E-state index contributed by atoms with van der Waals surface area (Å²) in [5.74, 6) is -1.03. The van der Waals surface area contributed by atoms with Crippen LogP contribution in [0.25, 0.3) is 16.8 Å². The number of hydrogen-bond donors (Lipinski definition) is 1. The third-order valence-corrected chi connectivity index (χ3v) is 3.42. The predicted molar refractivity (Wildman–Crippen MR) is 77.6 cm³/mol. The van der Waals surface area contributed by atoms with Crippen molar-refractivity contribution in [2.45, 2.75) is 6.92 Å². The molecule has 1 N–H and O–H groups in total. The Morgan fingerprint density at radius 3 is 2.67 bits per heavy atom. The van der Waals surface area contributed by atoms with Gasteiger partial charge >= 0.3 is 5.97 Å². The smallest absolute Gasteiger partial charge is 0.354 e. The van der Waals surface area contributed by atoms with Crippen LogP contribution in [-0.2, 0) is 7.05 Å². The van der Waals surface area contributed by atoms with Gasteiger partial charge in [0.2, 0.25) is 0 Å². The van der Waals surface area contributed by atoms with Crippen LogP contribution in [0.2, 0.25) is 0 Å². The Balaban J connectivity index is 2.23. The van der Waals surface area contributed by atoms with Gasteiger partial charge in [-0.2, -0.15) is 0 Å². The lowest BCUT2D eigenvalue weighted by molar-refractivity contribution is 0.0689. The maximum atomic E-state index is 11.7. The highest BCUT2D eigenvalue weighted by molar-refractivity contribution is 5.86. The number of pyridine rings is 2. The van der Waals surface area contributed by atoms with Crippen molar-refractivity contribution in [1.29, 1.82) is 0 Å². The lowest BCUT2D eigenvalue weighted by Crippen LogP contribution is -2.18. The van der Waals surface area contributed by atoms with Crippen molar-refractivity contribution in [3.63, 3.8) is 0 Å². The summed E-state index contributed by atoms with van der Waals surface area (Å²) in [5.41, 5.74) is 2.93. The van der Waals surface area contributed by atoms with Gasteiger partial charge in [-0.15, -0.1) is 0 Å². The Morgan fingerprint density at radius 1 is 1.24 bits per heavy atom. The average Bonchev–Trinajstić information content (AvgIpc) is 2.87. The molecule has 0 saturated heterocycles. The van der Waals surface area contributed by atoms with Crippen LogP contribution in [0.1, 0.15) is 16.1 Å². The number of imidazole rings is 1. The van der Waals surface area contributed by atoms with Crippen LogP contribution in [0.3, 0.4) is 0 Å². The van der Waals surface area contributed by atoms with Gasteiger partial charge in [-0.25, -0.2) is 9.78 Å². The number of aryl methyl sites for hydroxylation is 2. The van der Waals surface area contributed by atoms with Gasteiger partial charge in [0, 0.05) is 25.0 Å². The van der Waals surface area contributed by atoms with E-state index in [9.17, 15) is 9.59 Å². The molecule has 0 atom stereocenters. The molecule has 0 bridgehead atoms. The number of hydrogen-bond acceptors (Lipinski definition) is 3. The number of nitrogens with zero attached hydrogens (tertiary/aromatic N) is 3. The number of carboxylic acids is 1. The number of aromatic nitrogens is 3. The van der Waals surface area contributed by atoms with Crippen molar-refractivity contribution < 1.29 is 9.90 Å². The zero-order chi connectivity index (χ0) is 15.1. The molecule has 6 heteroatoms. The standard InChI is InChI=1S/C15H13N3O3/c1-9-5-11(7-17(2)14(9)19)10-3-4-13-16-6-12(15(20)21)18(13)8-10/h3-8H,1-2H3,(H,20,21). The molecule has 0 amide bonds. The molecule has 106 valence electrons. The molecule has 0 radical (unpaired) electrons. The van der Waals surface area contributed by atoms with Crippen molar-refractivity contribution in [3.8, 4) is 11.1 Å². The molecule has 21 heavy (non-hydrogen) atoms. The molecule has 0 aliphatic heterocycles. The van der Waals surface area contributed by atoms with Crippen molar-refractivity contribution in [2.24, 2.45) is 7.05 Å². The van der Waals surface area contributed by atoms with Gasteiger partial charge < -0.3 is 9.67 Å². The molecule has 3 rings (SSSR count). The highest BCUT2D eigenvalue weighted by Gasteiger charge is 2.11. The summed E-state index contributed by atoms with van der Waals surface area (Å²) in [5, 5.41) is 9.15. The van der Waals surface area contributed by atoms with Gasteiger partial charge in [-0.05, 0) is 36.2 Å². The minimum atomic E-state index is -1.03. The van der Waals surface area contributed by atoms with E-state index in [-0.39, 0.29) is 11.3 Å². The van der Waals surface area contributed by atoms with Crippen molar-refractivity contribution in [3.05, 3.63) is 58.4 Å². The topological polar surface area (TPSA) is 76.6 Å². The van der Waals surface area contributed by atoms with Crippen LogP contribution in [-0.4, -0.2) is 25.0 Å². The lowest BCUT2D eigenvalue weighted by Gasteiger charge is -2.07. The largest absolute Gasteiger partial charge is 0.477 e. The molecule has 3 aromatic rings. The Kier molecular flexibility index (Phi) is 2.86. The van der Waals surface area contributed by atoms with Crippen molar-refractivity contribution in [1.82, 2.24) is 14.0 Å². The Labute approximate surface area is 119 Å². The zero-order valence-electron chi connectivity index (χ0n) is 11.6. The molecule has 0 aliphatic rings. The molecule has 0 aromatic carbocycles. The number of carbonyl (C=O) groups is 1. The first-order valence-corrected chi connectivity index (χ1v) is 6.35. The summed E-state index contributed by atoms with van der Waals surface area (Å²) < 4.78 is 3.04. The van der Waals surface area contributed by atoms with Crippen LogP contribution in [0, 0.1) is 6.92 Å². The molecular weight excluding hydrogens is 270 g/mol. The van der Waals surface area contributed by atoms with E-state index in [1.807, 2.05) is 6.07 Å². The van der Waals surface area contributed by atoms with Crippen LogP contribution in [0.5, 0.6) is 0 Å². The summed E-state index contributed by atoms with van der Waals surface area (Å²) in [6.07, 6.45) is 4.77. The third kappa shape index (κ3) is 2.10.